The van der Waals surface area contributed by atoms with Gasteiger partial charge in [-0.2, -0.15) is 0 Å². The maximum atomic E-state index is 4.28. The number of halogens is 1. The molecule has 0 bridgehead atoms. The minimum absolute atomic E-state index is 0.257. The van der Waals surface area contributed by atoms with Crippen LogP contribution in [0.1, 0.15) is 29.7 Å². The van der Waals surface area contributed by atoms with Crippen molar-refractivity contribution < 1.29 is 0 Å². The zero-order chi connectivity index (χ0) is 12.3. The van der Waals surface area contributed by atoms with E-state index in [0.717, 1.165) is 6.54 Å². The predicted octanol–water partition coefficient (Wildman–Crippen LogP) is 3.76. The number of pyridine rings is 1. The van der Waals surface area contributed by atoms with Crippen molar-refractivity contribution in [2.24, 2.45) is 0 Å². The van der Waals surface area contributed by atoms with Gasteiger partial charge in [0.1, 0.15) is 0 Å². The first-order valence-corrected chi connectivity index (χ1v) is 7.55. The average Bonchev–Trinajstić information content (AvgIpc) is 2.72. The van der Waals surface area contributed by atoms with Crippen molar-refractivity contribution in [3.8, 4) is 0 Å². The van der Waals surface area contributed by atoms with Crippen LogP contribution in [0.4, 0.5) is 0 Å². The third-order valence-corrected chi connectivity index (χ3v) is 4.37. The van der Waals surface area contributed by atoms with Crippen molar-refractivity contribution in [2.45, 2.75) is 19.9 Å². The first kappa shape index (κ1) is 13.0. The minimum atomic E-state index is 0.257. The van der Waals surface area contributed by atoms with Crippen LogP contribution in [0.25, 0.3) is 0 Å². The molecular weight excluding hydrogens is 343 g/mol. The molecule has 0 fully saturated rings. The third-order valence-electron chi connectivity index (χ3n) is 2.56. The number of thiophene rings is 1. The number of nitrogens with one attached hydrogen (secondary N) is 1. The van der Waals surface area contributed by atoms with Gasteiger partial charge in [-0.3, -0.25) is 4.98 Å². The highest BCUT2D eigenvalue weighted by Gasteiger charge is 2.14. The summed E-state index contributed by atoms with van der Waals surface area (Å²) in [6, 6.07) is 4.69. The van der Waals surface area contributed by atoms with Crippen molar-refractivity contribution in [3.05, 3.63) is 49.5 Å². The summed E-state index contributed by atoms with van der Waals surface area (Å²) >= 11 is 4.15. The Labute approximate surface area is 120 Å². The molecule has 0 aliphatic carbocycles. The lowest BCUT2D eigenvalue weighted by molar-refractivity contribution is 0.630. The second-order valence-corrected chi connectivity index (χ2v) is 6.78. The molecule has 0 aliphatic heterocycles. The lowest BCUT2D eigenvalue weighted by atomic mass is 10.0. The highest BCUT2D eigenvalue weighted by Crippen LogP contribution is 2.27. The van der Waals surface area contributed by atoms with Gasteiger partial charge in [0.05, 0.1) is 8.93 Å². The van der Waals surface area contributed by atoms with Crippen LogP contribution in [-0.2, 0) is 0 Å². The van der Waals surface area contributed by atoms with Gasteiger partial charge in [0.25, 0.3) is 0 Å². The van der Waals surface area contributed by atoms with Crippen LogP contribution >= 0.6 is 33.9 Å². The topological polar surface area (TPSA) is 24.9 Å². The highest BCUT2D eigenvalue weighted by molar-refractivity contribution is 14.1. The molecule has 2 aromatic rings. The van der Waals surface area contributed by atoms with Gasteiger partial charge < -0.3 is 5.32 Å². The molecular formula is C13H15IN2S. The minimum Gasteiger partial charge on any atom is -0.306 e. The van der Waals surface area contributed by atoms with Crippen LogP contribution in [0.3, 0.4) is 0 Å². The Kier molecular flexibility index (Phi) is 4.53. The maximum absolute atomic E-state index is 4.28. The summed E-state index contributed by atoms with van der Waals surface area (Å²) in [6.45, 7) is 5.16. The Morgan fingerprint density at radius 2 is 2.18 bits per heavy atom. The Morgan fingerprint density at radius 1 is 1.35 bits per heavy atom. The van der Waals surface area contributed by atoms with E-state index in [9.17, 15) is 0 Å². The molecule has 4 heteroatoms. The summed E-state index contributed by atoms with van der Waals surface area (Å²) < 4.78 is 1.32. The second kappa shape index (κ2) is 5.93. The summed E-state index contributed by atoms with van der Waals surface area (Å²) in [7, 11) is 0. The first-order chi connectivity index (χ1) is 8.20. The fraction of sp³-hybridized carbons (Fsp3) is 0.308. The number of hydrogen-bond acceptors (Lipinski definition) is 3. The van der Waals surface area contributed by atoms with E-state index in [1.165, 1.54) is 19.6 Å². The van der Waals surface area contributed by atoms with Gasteiger partial charge in [0, 0.05) is 12.4 Å². The zero-order valence-corrected chi connectivity index (χ0v) is 12.9. The molecule has 0 saturated heterocycles. The van der Waals surface area contributed by atoms with E-state index >= 15 is 0 Å². The van der Waals surface area contributed by atoms with Crippen LogP contribution in [0.15, 0.2) is 29.9 Å². The molecule has 0 radical (unpaired) electrons. The summed E-state index contributed by atoms with van der Waals surface area (Å²) in [4.78, 5) is 4.28. The van der Waals surface area contributed by atoms with E-state index < -0.39 is 0 Å². The van der Waals surface area contributed by atoms with E-state index in [-0.39, 0.29) is 6.04 Å². The molecule has 0 aromatic carbocycles. The van der Waals surface area contributed by atoms with E-state index in [1.54, 1.807) is 11.3 Å². The SMILES string of the molecule is CCNC(c1cncc(C)c1)c1csc(I)c1. The zero-order valence-electron chi connectivity index (χ0n) is 9.90. The summed E-state index contributed by atoms with van der Waals surface area (Å²) in [5.41, 5.74) is 3.77. The van der Waals surface area contributed by atoms with Gasteiger partial charge in [-0.25, -0.2) is 0 Å². The Hall–Kier alpha value is -0.460. The van der Waals surface area contributed by atoms with Gasteiger partial charge in [0.2, 0.25) is 0 Å². The standard InChI is InChI=1S/C13H15IN2S/c1-3-16-13(11-5-12(14)17-8-11)10-4-9(2)6-15-7-10/h4-8,13,16H,3H2,1-2H3. The molecule has 0 spiro atoms. The fourth-order valence-electron chi connectivity index (χ4n) is 1.84. The van der Waals surface area contributed by atoms with Crippen molar-refractivity contribution >= 4 is 33.9 Å². The molecule has 2 nitrogen and oxygen atoms in total. The molecule has 0 amide bonds. The van der Waals surface area contributed by atoms with Gasteiger partial charge in [-0.05, 0) is 64.2 Å². The van der Waals surface area contributed by atoms with Crippen molar-refractivity contribution in [1.29, 1.82) is 0 Å². The molecule has 90 valence electrons. The summed E-state index contributed by atoms with van der Waals surface area (Å²) in [5, 5.41) is 5.74. The number of aryl methyl sites for hydroxylation is 1. The quantitative estimate of drug-likeness (QED) is 0.842. The van der Waals surface area contributed by atoms with Crippen LogP contribution < -0.4 is 5.32 Å². The molecule has 2 aromatic heterocycles. The van der Waals surface area contributed by atoms with E-state index in [1.807, 2.05) is 12.4 Å². The molecule has 1 atom stereocenters. The lowest BCUT2D eigenvalue weighted by Gasteiger charge is -2.17. The van der Waals surface area contributed by atoms with Gasteiger partial charge in [-0.1, -0.05) is 13.0 Å². The molecule has 1 N–H and O–H groups in total. The summed E-state index contributed by atoms with van der Waals surface area (Å²) in [6.07, 6.45) is 3.84. The highest BCUT2D eigenvalue weighted by atomic mass is 127. The second-order valence-electron chi connectivity index (χ2n) is 3.97. The Balaban J connectivity index is 2.35. The normalized spacial score (nSPS) is 12.6. The fourth-order valence-corrected chi connectivity index (χ4v) is 3.24. The van der Waals surface area contributed by atoms with Crippen molar-refractivity contribution in [2.75, 3.05) is 6.54 Å². The van der Waals surface area contributed by atoms with E-state index in [2.05, 4.69) is 64.3 Å². The summed E-state index contributed by atoms with van der Waals surface area (Å²) in [5.74, 6) is 0. The van der Waals surface area contributed by atoms with Crippen LogP contribution in [0, 0.1) is 9.81 Å². The van der Waals surface area contributed by atoms with Crippen molar-refractivity contribution in [1.82, 2.24) is 10.3 Å². The smallest absolute Gasteiger partial charge is 0.0656 e. The number of hydrogen-bond donors (Lipinski definition) is 1. The van der Waals surface area contributed by atoms with Crippen molar-refractivity contribution in [3.63, 3.8) is 0 Å². The third kappa shape index (κ3) is 3.26. The number of nitrogens with zero attached hydrogens (tertiary/aromatic N) is 1. The predicted molar refractivity (Wildman–Crippen MR) is 81.5 cm³/mol. The first-order valence-electron chi connectivity index (χ1n) is 5.59. The van der Waals surface area contributed by atoms with E-state index in [0.29, 0.717) is 0 Å². The van der Waals surface area contributed by atoms with Crippen LogP contribution in [0.2, 0.25) is 0 Å². The Morgan fingerprint density at radius 3 is 2.76 bits per heavy atom. The van der Waals surface area contributed by atoms with Gasteiger partial charge in [0.15, 0.2) is 0 Å². The lowest BCUT2D eigenvalue weighted by Crippen LogP contribution is -2.21. The Bertz CT molecular complexity index is 496. The van der Waals surface area contributed by atoms with Crippen LogP contribution in [-0.4, -0.2) is 11.5 Å². The average molecular weight is 358 g/mol. The number of rotatable bonds is 4. The largest absolute Gasteiger partial charge is 0.306 e. The van der Waals surface area contributed by atoms with E-state index in [4.69, 9.17) is 0 Å². The monoisotopic (exact) mass is 358 g/mol. The van der Waals surface area contributed by atoms with Crippen LogP contribution in [0.5, 0.6) is 0 Å². The molecule has 1 unspecified atom stereocenters. The molecule has 2 rings (SSSR count). The van der Waals surface area contributed by atoms with Gasteiger partial charge in [-0.15, -0.1) is 11.3 Å². The molecule has 0 aliphatic rings. The molecule has 0 saturated carbocycles. The molecule has 17 heavy (non-hydrogen) atoms. The maximum Gasteiger partial charge on any atom is 0.0656 e. The number of aromatic nitrogens is 1. The molecule has 2 heterocycles. The van der Waals surface area contributed by atoms with Gasteiger partial charge >= 0.3 is 0 Å².